The average Bonchev–Trinajstić information content (AvgIpc) is 3.15. The number of thiophene rings is 1. The van der Waals surface area contributed by atoms with Gasteiger partial charge in [-0.2, -0.15) is 0 Å². The smallest absolute Gasteiger partial charge is 0.263 e. The van der Waals surface area contributed by atoms with Gasteiger partial charge in [0, 0.05) is 22.5 Å². The largest absolute Gasteiger partial charge is 0.397 e. The summed E-state index contributed by atoms with van der Waals surface area (Å²) in [6, 6.07) is 17.7. The lowest BCUT2D eigenvalue weighted by Crippen LogP contribution is -2.22. The van der Waals surface area contributed by atoms with Crippen molar-refractivity contribution in [3.63, 3.8) is 0 Å². The van der Waals surface area contributed by atoms with E-state index in [2.05, 4.69) is 5.32 Å². The number of carbonyl (C=O) groups is 1. The first-order chi connectivity index (χ1) is 15.1. The van der Waals surface area contributed by atoms with E-state index in [-0.39, 0.29) is 5.91 Å². The number of aryl methyl sites for hydroxylation is 1. The van der Waals surface area contributed by atoms with Gasteiger partial charge in [0.15, 0.2) is 0 Å². The van der Waals surface area contributed by atoms with E-state index in [0.717, 1.165) is 52.7 Å². The fraction of sp³-hybridized carbons (Fsp3) is 0.200. The average molecular weight is 448 g/mol. The molecule has 2 aromatic carbocycles. The number of fused-ring (bicyclic) bond motifs is 3. The zero-order chi connectivity index (χ0) is 21.4. The van der Waals surface area contributed by atoms with E-state index in [9.17, 15) is 4.79 Å². The monoisotopic (exact) mass is 447 g/mol. The van der Waals surface area contributed by atoms with Gasteiger partial charge in [0.2, 0.25) is 0 Å². The van der Waals surface area contributed by atoms with Crippen molar-refractivity contribution in [1.82, 2.24) is 10.3 Å². The topological polar surface area (TPSA) is 68.0 Å². The molecule has 1 aliphatic rings. The minimum Gasteiger partial charge on any atom is -0.397 e. The Balaban J connectivity index is 1.57. The Morgan fingerprint density at radius 1 is 1.03 bits per heavy atom. The summed E-state index contributed by atoms with van der Waals surface area (Å²) >= 11 is 7.47. The second-order valence-electron chi connectivity index (χ2n) is 7.82. The van der Waals surface area contributed by atoms with Crippen LogP contribution in [0.3, 0.4) is 0 Å². The van der Waals surface area contributed by atoms with E-state index in [4.69, 9.17) is 22.3 Å². The van der Waals surface area contributed by atoms with Crippen LogP contribution >= 0.6 is 22.9 Å². The Labute approximate surface area is 190 Å². The maximum atomic E-state index is 12.9. The number of nitrogens with one attached hydrogen (secondary N) is 1. The van der Waals surface area contributed by atoms with Crippen LogP contribution in [-0.4, -0.2) is 10.9 Å². The highest BCUT2D eigenvalue weighted by Gasteiger charge is 2.25. The van der Waals surface area contributed by atoms with Crippen molar-refractivity contribution in [1.29, 1.82) is 0 Å². The van der Waals surface area contributed by atoms with Crippen LogP contribution in [0.4, 0.5) is 5.69 Å². The number of benzene rings is 2. The van der Waals surface area contributed by atoms with Crippen LogP contribution in [-0.2, 0) is 19.4 Å². The van der Waals surface area contributed by atoms with Crippen molar-refractivity contribution < 1.29 is 4.79 Å². The molecule has 0 saturated carbocycles. The lowest BCUT2D eigenvalue weighted by Gasteiger charge is -2.20. The number of nitrogens with two attached hydrogens (primary N) is 1. The number of aromatic nitrogens is 1. The molecule has 156 valence electrons. The third kappa shape index (κ3) is 3.80. The number of hydrogen-bond acceptors (Lipinski definition) is 4. The van der Waals surface area contributed by atoms with Crippen LogP contribution in [0.5, 0.6) is 0 Å². The Hall–Kier alpha value is -2.89. The molecule has 0 unspecified atom stereocenters. The summed E-state index contributed by atoms with van der Waals surface area (Å²) in [5.41, 5.74) is 12.7. The molecule has 2 aromatic heterocycles. The maximum Gasteiger partial charge on any atom is 0.263 e. The number of amides is 1. The van der Waals surface area contributed by atoms with E-state index in [1.807, 2.05) is 54.6 Å². The zero-order valence-corrected chi connectivity index (χ0v) is 18.5. The molecule has 0 fully saturated rings. The number of nitrogens with zero attached hydrogens (tertiary/aromatic N) is 1. The third-order valence-electron chi connectivity index (χ3n) is 5.82. The highest BCUT2D eigenvalue weighted by molar-refractivity contribution is 7.21. The van der Waals surface area contributed by atoms with Crippen molar-refractivity contribution in [2.24, 2.45) is 0 Å². The molecule has 1 aliphatic carbocycles. The normalized spacial score (nSPS) is 13.2. The van der Waals surface area contributed by atoms with E-state index in [1.165, 1.54) is 22.5 Å². The van der Waals surface area contributed by atoms with Crippen LogP contribution in [0, 0.1) is 0 Å². The Morgan fingerprint density at radius 3 is 2.48 bits per heavy atom. The highest BCUT2D eigenvalue weighted by atomic mass is 35.5. The van der Waals surface area contributed by atoms with Crippen LogP contribution in [0.15, 0.2) is 54.6 Å². The SMILES string of the molecule is Nc1c(C(=O)NCc2ccccc2)sc2nc(-c3ccc(Cl)cc3)c3c(c12)CCCC3. The molecule has 0 radical (unpaired) electrons. The molecule has 2 heterocycles. The quantitative estimate of drug-likeness (QED) is 0.402. The molecule has 31 heavy (non-hydrogen) atoms. The van der Waals surface area contributed by atoms with E-state index in [0.29, 0.717) is 22.1 Å². The van der Waals surface area contributed by atoms with Gasteiger partial charge in [-0.05, 0) is 54.5 Å². The molecular formula is C25H22ClN3OS. The summed E-state index contributed by atoms with van der Waals surface area (Å²) in [5.74, 6) is -0.151. The van der Waals surface area contributed by atoms with Gasteiger partial charge in [-0.3, -0.25) is 4.79 Å². The van der Waals surface area contributed by atoms with E-state index in [1.54, 1.807) is 0 Å². The van der Waals surface area contributed by atoms with Crippen LogP contribution < -0.4 is 11.1 Å². The summed E-state index contributed by atoms with van der Waals surface area (Å²) in [7, 11) is 0. The lowest BCUT2D eigenvalue weighted by atomic mass is 9.87. The van der Waals surface area contributed by atoms with Crippen molar-refractivity contribution in [3.05, 3.63) is 81.2 Å². The molecule has 6 heteroatoms. The lowest BCUT2D eigenvalue weighted by molar-refractivity contribution is 0.0956. The summed E-state index contributed by atoms with van der Waals surface area (Å²) in [6.07, 6.45) is 4.19. The summed E-state index contributed by atoms with van der Waals surface area (Å²) in [6.45, 7) is 0.467. The molecule has 0 aliphatic heterocycles. The van der Waals surface area contributed by atoms with Gasteiger partial charge in [-0.25, -0.2) is 4.98 Å². The number of nitrogen functional groups attached to an aromatic ring is 1. The molecule has 0 atom stereocenters. The first kappa shape index (κ1) is 20.0. The zero-order valence-electron chi connectivity index (χ0n) is 17.0. The minimum absolute atomic E-state index is 0.151. The molecule has 0 saturated heterocycles. The first-order valence-electron chi connectivity index (χ1n) is 10.4. The molecular weight excluding hydrogens is 426 g/mol. The minimum atomic E-state index is -0.151. The molecule has 4 nitrogen and oxygen atoms in total. The molecule has 5 rings (SSSR count). The highest BCUT2D eigenvalue weighted by Crippen LogP contribution is 2.42. The van der Waals surface area contributed by atoms with Crippen molar-refractivity contribution in [2.45, 2.75) is 32.2 Å². The van der Waals surface area contributed by atoms with Crippen LogP contribution in [0.1, 0.15) is 39.2 Å². The molecule has 4 aromatic rings. The number of rotatable bonds is 4. The molecule has 0 spiro atoms. The predicted octanol–water partition coefficient (Wildman–Crippen LogP) is 6.01. The van der Waals surface area contributed by atoms with Gasteiger partial charge >= 0.3 is 0 Å². The number of halogens is 1. The van der Waals surface area contributed by atoms with E-state index >= 15 is 0 Å². The van der Waals surface area contributed by atoms with Crippen molar-refractivity contribution >= 4 is 44.7 Å². The Bertz CT molecular complexity index is 1270. The molecule has 1 amide bonds. The van der Waals surface area contributed by atoms with Gasteiger partial charge in [0.25, 0.3) is 5.91 Å². The van der Waals surface area contributed by atoms with Crippen molar-refractivity contribution in [3.8, 4) is 11.3 Å². The van der Waals surface area contributed by atoms with Gasteiger partial charge in [-0.15, -0.1) is 11.3 Å². The number of carbonyl (C=O) groups excluding carboxylic acids is 1. The molecule has 3 N–H and O–H groups in total. The van der Waals surface area contributed by atoms with Gasteiger partial charge in [0.05, 0.1) is 11.4 Å². The van der Waals surface area contributed by atoms with Crippen LogP contribution in [0.2, 0.25) is 5.02 Å². The number of anilines is 1. The van der Waals surface area contributed by atoms with Gasteiger partial charge in [-0.1, -0.05) is 54.1 Å². The second-order valence-corrected chi connectivity index (χ2v) is 9.26. The fourth-order valence-electron chi connectivity index (χ4n) is 4.29. The summed E-state index contributed by atoms with van der Waals surface area (Å²) in [4.78, 5) is 19.3. The summed E-state index contributed by atoms with van der Waals surface area (Å²) in [5, 5.41) is 4.66. The number of hydrogen-bond donors (Lipinski definition) is 2. The fourth-order valence-corrected chi connectivity index (χ4v) is 5.46. The second kappa shape index (κ2) is 8.33. The third-order valence-corrected chi connectivity index (χ3v) is 7.17. The van der Waals surface area contributed by atoms with Crippen molar-refractivity contribution in [2.75, 3.05) is 5.73 Å². The standard InChI is InChI=1S/C25H22ClN3OS/c26-17-12-10-16(11-13-17)22-19-9-5-4-8-18(19)20-21(27)23(31-25(20)29-22)24(30)28-14-15-6-2-1-3-7-15/h1-3,6-7,10-13H,4-5,8-9,14,27H2,(H,28,30). The van der Waals surface area contributed by atoms with Crippen LogP contribution in [0.25, 0.3) is 21.5 Å². The predicted molar refractivity (Wildman–Crippen MR) is 129 cm³/mol. The molecule has 0 bridgehead atoms. The Kier molecular flexibility index (Phi) is 5.38. The summed E-state index contributed by atoms with van der Waals surface area (Å²) < 4.78 is 0. The van der Waals surface area contributed by atoms with Gasteiger partial charge < -0.3 is 11.1 Å². The Morgan fingerprint density at radius 2 is 1.74 bits per heavy atom. The van der Waals surface area contributed by atoms with E-state index < -0.39 is 0 Å². The van der Waals surface area contributed by atoms with Gasteiger partial charge in [0.1, 0.15) is 9.71 Å². The number of pyridine rings is 1. The first-order valence-corrected chi connectivity index (χ1v) is 11.6. The maximum absolute atomic E-state index is 12.9.